The average molecular weight is 458 g/mol. The van der Waals surface area contributed by atoms with Crippen molar-refractivity contribution in [1.82, 2.24) is 9.78 Å². The number of benzene rings is 3. The Hall–Kier alpha value is -2.36. The van der Waals surface area contributed by atoms with Crippen LogP contribution in [-0.4, -0.2) is 14.0 Å². The van der Waals surface area contributed by atoms with E-state index in [9.17, 15) is 4.21 Å². The maximum Gasteiger partial charge on any atom is 0.0862 e. The first-order chi connectivity index (χ1) is 12.7. The molecule has 0 fully saturated rings. The van der Waals surface area contributed by atoms with Crippen molar-refractivity contribution in [2.24, 2.45) is 0 Å². The van der Waals surface area contributed by atoms with Gasteiger partial charge >= 0.3 is 0 Å². The molecule has 3 nitrogen and oxygen atoms in total. The minimum Gasteiger partial charge on any atom is -0.262 e. The molecule has 135 valence electrons. The Bertz CT molecular complexity index is 1170. The summed E-state index contributed by atoms with van der Waals surface area (Å²) in [6.07, 6.45) is 1.88. The van der Waals surface area contributed by atoms with Crippen LogP contribution in [0.3, 0.4) is 0 Å². The fourth-order valence-corrected chi connectivity index (χ4v) is 4.87. The normalized spacial score (nSPS) is 14.3. The van der Waals surface area contributed by atoms with E-state index in [0.29, 0.717) is 0 Å². The molecule has 0 saturated heterocycles. The van der Waals surface area contributed by atoms with Crippen LogP contribution in [0.5, 0.6) is 0 Å². The molecule has 0 saturated carbocycles. The molecular formula is C22H15N2ORhS-. The zero-order chi connectivity index (χ0) is 17.7. The van der Waals surface area contributed by atoms with Crippen molar-refractivity contribution in [1.29, 1.82) is 0 Å². The first kappa shape index (κ1) is 18.0. The molecule has 1 atom stereocenters. The molecule has 3 aromatic carbocycles. The maximum atomic E-state index is 12.7. The molecule has 1 aliphatic rings. The van der Waals surface area contributed by atoms with E-state index >= 15 is 0 Å². The maximum absolute atomic E-state index is 12.7. The summed E-state index contributed by atoms with van der Waals surface area (Å²) in [6.45, 7) is 2.06. The van der Waals surface area contributed by atoms with Gasteiger partial charge in [0, 0.05) is 36.3 Å². The molecular weight excluding hydrogens is 443 g/mol. The third kappa shape index (κ3) is 2.82. The molecule has 1 unspecified atom stereocenters. The van der Waals surface area contributed by atoms with Crippen LogP contribution < -0.4 is 0 Å². The van der Waals surface area contributed by atoms with Gasteiger partial charge in [-0.25, -0.2) is 4.21 Å². The van der Waals surface area contributed by atoms with E-state index in [2.05, 4.69) is 24.2 Å². The monoisotopic (exact) mass is 458 g/mol. The molecule has 5 rings (SSSR count). The van der Waals surface area contributed by atoms with Gasteiger partial charge in [0.25, 0.3) is 0 Å². The van der Waals surface area contributed by atoms with E-state index in [1.807, 2.05) is 71.5 Å². The largest absolute Gasteiger partial charge is 0.262 e. The molecule has 2 heterocycles. The minimum atomic E-state index is -1.09. The summed E-state index contributed by atoms with van der Waals surface area (Å²) >= 11 is 0. The third-order valence-electron chi connectivity index (χ3n) is 4.80. The van der Waals surface area contributed by atoms with E-state index in [0.717, 1.165) is 43.4 Å². The van der Waals surface area contributed by atoms with Crippen molar-refractivity contribution < 1.29 is 23.7 Å². The van der Waals surface area contributed by atoms with Gasteiger partial charge in [-0.2, -0.15) is 29.4 Å². The zero-order valence-electron chi connectivity index (χ0n) is 14.5. The van der Waals surface area contributed by atoms with Gasteiger partial charge in [-0.05, 0) is 41.9 Å². The van der Waals surface area contributed by atoms with E-state index in [4.69, 9.17) is 0 Å². The summed E-state index contributed by atoms with van der Waals surface area (Å²) in [5.74, 6) is 0. The van der Waals surface area contributed by atoms with Crippen LogP contribution in [0.4, 0.5) is 0 Å². The van der Waals surface area contributed by atoms with Crippen LogP contribution >= 0.6 is 0 Å². The smallest absolute Gasteiger partial charge is 0.0862 e. The van der Waals surface area contributed by atoms with E-state index in [1.54, 1.807) is 0 Å². The number of nitrogens with zero attached hydrogens (tertiary/aromatic N) is 2. The quantitative estimate of drug-likeness (QED) is 0.282. The number of hydrogen-bond donors (Lipinski definition) is 0. The van der Waals surface area contributed by atoms with E-state index in [-0.39, 0.29) is 19.5 Å². The second-order valence-corrected chi connectivity index (χ2v) is 7.70. The molecule has 0 bridgehead atoms. The number of fused-ring (bicyclic) bond motifs is 3. The predicted molar refractivity (Wildman–Crippen MR) is 103 cm³/mol. The van der Waals surface area contributed by atoms with Gasteiger partial charge in [0.2, 0.25) is 0 Å². The summed E-state index contributed by atoms with van der Waals surface area (Å²) in [7, 11) is -1.09. The Kier molecular flexibility index (Phi) is 4.67. The molecule has 0 aliphatic carbocycles. The van der Waals surface area contributed by atoms with Gasteiger partial charge in [0.05, 0.1) is 26.8 Å². The van der Waals surface area contributed by atoms with E-state index < -0.39 is 10.8 Å². The standard InChI is InChI=1S/C22H15N2OS.Rh/c1-15-20(14-23-24(15)17-7-3-2-4-8-17)16-11-12-22-19(13-16)18-9-5-6-10-21(18)26(22)25;/h2-7,9-14H,1H3;/q-1;. The second kappa shape index (κ2) is 6.99. The number of para-hydroxylation sites is 1. The van der Waals surface area contributed by atoms with Crippen LogP contribution in [0.2, 0.25) is 0 Å². The minimum absolute atomic E-state index is 0. The second-order valence-electron chi connectivity index (χ2n) is 6.28. The fourth-order valence-electron chi connectivity index (χ4n) is 3.49. The van der Waals surface area contributed by atoms with Crippen LogP contribution in [0, 0.1) is 13.0 Å². The topological polar surface area (TPSA) is 34.9 Å². The first-order valence-corrected chi connectivity index (χ1v) is 9.56. The Morgan fingerprint density at radius 3 is 2.52 bits per heavy atom. The van der Waals surface area contributed by atoms with E-state index in [1.165, 1.54) is 0 Å². The molecule has 5 heteroatoms. The molecule has 1 aromatic heterocycles. The van der Waals surface area contributed by atoms with Crippen LogP contribution in [0.25, 0.3) is 27.9 Å². The predicted octanol–water partition coefficient (Wildman–Crippen LogP) is 4.79. The Balaban J connectivity index is 0.00000180. The van der Waals surface area contributed by atoms with Crippen molar-refractivity contribution in [3.8, 4) is 27.9 Å². The number of aromatic nitrogens is 2. The Morgan fingerprint density at radius 2 is 1.70 bits per heavy atom. The zero-order valence-corrected chi connectivity index (χ0v) is 16.9. The molecule has 27 heavy (non-hydrogen) atoms. The summed E-state index contributed by atoms with van der Waals surface area (Å²) in [4.78, 5) is 1.78. The number of rotatable bonds is 2. The molecule has 1 radical (unpaired) electrons. The van der Waals surface area contributed by atoms with Crippen LogP contribution in [0.1, 0.15) is 5.69 Å². The van der Waals surface area contributed by atoms with Crippen LogP contribution in [-0.2, 0) is 30.3 Å². The average Bonchev–Trinajstić information content (AvgIpc) is 3.21. The van der Waals surface area contributed by atoms with Crippen molar-refractivity contribution in [2.75, 3.05) is 0 Å². The third-order valence-corrected chi connectivity index (χ3v) is 6.31. The molecule has 4 aromatic rings. The van der Waals surface area contributed by atoms with Gasteiger partial charge in [-0.15, -0.1) is 6.07 Å². The van der Waals surface area contributed by atoms with Crippen molar-refractivity contribution in [2.45, 2.75) is 16.7 Å². The fraction of sp³-hybridized carbons (Fsp3) is 0.0455. The summed E-state index contributed by atoms with van der Waals surface area (Å²) < 4.78 is 14.6. The van der Waals surface area contributed by atoms with Gasteiger partial charge in [0.15, 0.2) is 0 Å². The molecule has 0 spiro atoms. The van der Waals surface area contributed by atoms with Gasteiger partial charge in [-0.1, -0.05) is 24.3 Å². The first-order valence-electron chi connectivity index (χ1n) is 8.41. The molecule has 0 amide bonds. The van der Waals surface area contributed by atoms with Gasteiger partial charge < -0.3 is 0 Å². The summed E-state index contributed by atoms with van der Waals surface area (Å²) in [5, 5.41) is 4.54. The SMILES string of the molecule is Cc1c(-c2ccc3c(c2)-c2ccccc2S3=O)cnn1-c1[c-]cccc1.[Rh]. The summed E-state index contributed by atoms with van der Waals surface area (Å²) in [6, 6.07) is 25.1. The van der Waals surface area contributed by atoms with Crippen molar-refractivity contribution in [3.63, 3.8) is 0 Å². The van der Waals surface area contributed by atoms with Crippen molar-refractivity contribution in [3.05, 3.63) is 84.7 Å². The Morgan fingerprint density at radius 1 is 0.926 bits per heavy atom. The van der Waals surface area contributed by atoms with Crippen LogP contribution in [0.15, 0.2) is 82.7 Å². The molecule has 0 N–H and O–H groups in total. The van der Waals surface area contributed by atoms with Crippen molar-refractivity contribution >= 4 is 10.8 Å². The number of hydrogen-bond acceptors (Lipinski definition) is 2. The Labute approximate surface area is 173 Å². The van der Waals surface area contributed by atoms with Gasteiger partial charge in [0.1, 0.15) is 0 Å². The summed E-state index contributed by atoms with van der Waals surface area (Å²) in [5.41, 5.74) is 6.24. The molecule has 1 aliphatic heterocycles. The van der Waals surface area contributed by atoms with Gasteiger partial charge in [-0.3, -0.25) is 4.68 Å².